The van der Waals surface area contributed by atoms with Gasteiger partial charge in [0.1, 0.15) is 18.2 Å². The van der Waals surface area contributed by atoms with Gasteiger partial charge in [-0.25, -0.2) is 9.78 Å². The second-order valence-corrected chi connectivity index (χ2v) is 6.83. The quantitative estimate of drug-likeness (QED) is 0.509. The molecule has 3 rings (SSSR count). The number of ether oxygens (including phenoxy) is 2. The molecule has 0 radical (unpaired) electrons. The van der Waals surface area contributed by atoms with E-state index >= 15 is 0 Å². The number of hydrogen-bond donors (Lipinski definition) is 1. The molecule has 1 N–H and O–H groups in total. The van der Waals surface area contributed by atoms with E-state index in [9.17, 15) is 14.7 Å². The van der Waals surface area contributed by atoms with Gasteiger partial charge in [0, 0.05) is 19.4 Å². The number of fused-ring (bicyclic) bond motifs is 1. The molecule has 0 saturated carbocycles. The van der Waals surface area contributed by atoms with Crippen molar-refractivity contribution in [1.82, 2.24) is 9.55 Å². The summed E-state index contributed by atoms with van der Waals surface area (Å²) in [6.07, 6.45) is 0.0855. The van der Waals surface area contributed by atoms with Crippen molar-refractivity contribution < 1.29 is 19.4 Å². The van der Waals surface area contributed by atoms with Gasteiger partial charge in [0.25, 0.3) is 5.56 Å². The maximum atomic E-state index is 12.8. The van der Waals surface area contributed by atoms with Gasteiger partial charge in [-0.1, -0.05) is 31.2 Å². The summed E-state index contributed by atoms with van der Waals surface area (Å²) in [6.45, 7) is 4.81. The van der Waals surface area contributed by atoms with Gasteiger partial charge in [-0.15, -0.1) is 0 Å². The van der Waals surface area contributed by atoms with E-state index in [1.54, 1.807) is 29.7 Å². The Labute approximate surface area is 193 Å². The van der Waals surface area contributed by atoms with Gasteiger partial charge in [0.2, 0.25) is 0 Å². The third-order valence-electron chi connectivity index (χ3n) is 4.83. The normalized spacial score (nSPS) is 11.7. The van der Waals surface area contributed by atoms with E-state index in [1.807, 2.05) is 37.3 Å². The summed E-state index contributed by atoms with van der Waals surface area (Å²) < 4.78 is 12.7. The standard InChI is InChI=1S/C23H26N2O5.Li.H/c1-3-21-24-19-8-6-5-7-18(19)22(26)25(21)13-14-30-17-11-9-16(10-12-17)15-20(23(27)28)29-4-2;;/h5-12,20H,3-4,13-15H2,1-2H3,(H,27,28);;. The summed E-state index contributed by atoms with van der Waals surface area (Å²) in [5.74, 6) is 0.411. The van der Waals surface area contributed by atoms with Crippen LogP contribution in [0.4, 0.5) is 0 Å². The second kappa shape index (κ2) is 11.7. The molecule has 8 heteroatoms. The van der Waals surface area contributed by atoms with Gasteiger partial charge in [-0.2, -0.15) is 0 Å². The molecule has 0 aliphatic heterocycles. The molecular formula is C23H27LiN2O5. The van der Waals surface area contributed by atoms with Gasteiger partial charge >= 0.3 is 24.8 Å². The predicted molar refractivity (Wildman–Crippen MR) is 121 cm³/mol. The van der Waals surface area contributed by atoms with Crippen LogP contribution in [0.5, 0.6) is 5.75 Å². The van der Waals surface area contributed by atoms with Crippen LogP contribution in [0.15, 0.2) is 53.3 Å². The Balaban J connectivity index is 0.00000341. The monoisotopic (exact) mass is 418 g/mol. The number of benzene rings is 2. The molecule has 0 aliphatic rings. The summed E-state index contributed by atoms with van der Waals surface area (Å²) in [7, 11) is 0. The molecule has 160 valence electrons. The number of aromatic nitrogens is 2. The summed E-state index contributed by atoms with van der Waals surface area (Å²) in [4.78, 5) is 28.6. The second-order valence-electron chi connectivity index (χ2n) is 6.83. The van der Waals surface area contributed by atoms with Crippen molar-refractivity contribution in [2.45, 2.75) is 39.3 Å². The molecule has 0 amide bonds. The first kappa shape index (κ1) is 24.7. The number of para-hydroxylation sites is 1. The number of aliphatic carboxylic acids is 1. The van der Waals surface area contributed by atoms with Crippen LogP contribution in [0.25, 0.3) is 10.9 Å². The van der Waals surface area contributed by atoms with Crippen LogP contribution in [0, 0.1) is 0 Å². The molecule has 0 saturated heterocycles. The van der Waals surface area contributed by atoms with E-state index < -0.39 is 12.1 Å². The molecule has 1 heterocycles. The first-order valence-electron chi connectivity index (χ1n) is 10.1. The van der Waals surface area contributed by atoms with E-state index in [1.165, 1.54) is 0 Å². The van der Waals surface area contributed by atoms with E-state index in [-0.39, 0.29) is 24.4 Å². The Morgan fingerprint density at radius 1 is 1.13 bits per heavy atom. The molecule has 0 aliphatic carbocycles. The Morgan fingerprint density at radius 2 is 1.84 bits per heavy atom. The molecule has 1 aromatic heterocycles. The van der Waals surface area contributed by atoms with Crippen molar-refractivity contribution in [2.75, 3.05) is 13.2 Å². The number of aryl methyl sites for hydroxylation is 1. The molecule has 31 heavy (non-hydrogen) atoms. The molecule has 7 nitrogen and oxygen atoms in total. The molecule has 1 atom stereocenters. The minimum atomic E-state index is -0.974. The minimum absolute atomic E-state index is 0. The Morgan fingerprint density at radius 3 is 2.48 bits per heavy atom. The Hall–Kier alpha value is -2.59. The van der Waals surface area contributed by atoms with Crippen molar-refractivity contribution in [1.29, 1.82) is 0 Å². The Kier molecular flexibility index (Phi) is 9.32. The van der Waals surface area contributed by atoms with Crippen LogP contribution in [0.3, 0.4) is 0 Å². The van der Waals surface area contributed by atoms with Crippen LogP contribution in [0.2, 0.25) is 0 Å². The third-order valence-corrected chi connectivity index (χ3v) is 4.83. The fourth-order valence-corrected chi connectivity index (χ4v) is 3.32. The third kappa shape index (κ3) is 6.20. The van der Waals surface area contributed by atoms with Gasteiger partial charge in [-0.3, -0.25) is 9.36 Å². The molecule has 2 aromatic carbocycles. The van der Waals surface area contributed by atoms with Crippen LogP contribution in [-0.4, -0.2) is 58.8 Å². The average Bonchev–Trinajstić information content (AvgIpc) is 2.75. The SMILES string of the molecule is CCOC(Cc1ccc(OCCn2c(CC)nc3ccccc3c2=O)cc1)C(=O)O.[LiH]. The van der Waals surface area contributed by atoms with E-state index in [2.05, 4.69) is 4.98 Å². The van der Waals surface area contributed by atoms with Gasteiger partial charge in [0.15, 0.2) is 6.10 Å². The summed E-state index contributed by atoms with van der Waals surface area (Å²) in [6, 6.07) is 14.6. The maximum absolute atomic E-state index is 12.8. The number of rotatable bonds is 10. The summed E-state index contributed by atoms with van der Waals surface area (Å²) >= 11 is 0. The fourth-order valence-electron chi connectivity index (χ4n) is 3.32. The molecule has 3 aromatic rings. The van der Waals surface area contributed by atoms with Crippen LogP contribution in [-0.2, 0) is 28.9 Å². The van der Waals surface area contributed by atoms with Crippen molar-refractivity contribution in [2.24, 2.45) is 0 Å². The van der Waals surface area contributed by atoms with Crippen LogP contribution >= 0.6 is 0 Å². The van der Waals surface area contributed by atoms with Gasteiger partial charge in [0.05, 0.1) is 17.4 Å². The zero-order valence-corrected chi connectivity index (χ0v) is 17.2. The fraction of sp³-hybridized carbons (Fsp3) is 0.348. The van der Waals surface area contributed by atoms with Crippen molar-refractivity contribution in [3.05, 3.63) is 70.3 Å². The van der Waals surface area contributed by atoms with Gasteiger partial charge in [-0.05, 0) is 36.8 Å². The first-order valence-corrected chi connectivity index (χ1v) is 10.1. The molecule has 0 spiro atoms. The van der Waals surface area contributed by atoms with E-state index in [0.29, 0.717) is 49.3 Å². The molecule has 1 unspecified atom stereocenters. The predicted octanol–water partition coefficient (Wildman–Crippen LogP) is 2.42. The molecule has 0 fully saturated rings. The van der Waals surface area contributed by atoms with E-state index in [0.717, 1.165) is 11.4 Å². The average molecular weight is 418 g/mol. The molecular weight excluding hydrogens is 391 g/mol. The number of nitrogens with zero attached hydrogens (tertiary/aromatic N) is 2. The summed E-state index contributed by atoms with van der Waals surface area (Å²) in [5, 5.41) is 9.79. The first-order chi connectivity index (χ1) is 14.5. The van der Waals surface area contributed by atoms with Gasteiger partial charge < -0.3 is 14.6 Å². The van der Waals surface area contributed by atoms with Crippen molar-refractivity contribution in [3.63, 3.8) is 0 Å². The zero-order valence-electron chi connectivity index (χ0n) is 17.2. The van der Waals surface area contributed by atoms with Crippen molar-refractivity contribution in [3.8, 4) is 5.75 Å². The van der Waals surface area contributed by atoms with Crippen molar-refractivity contribution >= 4 is 35.7 Å². The molecule has 0 bridgehead atoms. The topological polar surface area (TPSA) is 90.7 Å². The van der Waals surface area contributed by atoms with E-state index in [4.69, 9.17) is 9.47 Å². The number of carbonyl (C=O) groups is 1. The number of hydrogen-bond acceptors (Lipinski definition) is 5. The number of carboxylic acids is 1. The zero-order chi connectivity index (χ0) is 21.5. The summed E-state index contributed by atoms with van der Waals surface area (Å²) in [5.41, 5.74) is 1.50. The van der Waals surface area contributed by atoms with Crippen LogP contribution < -0.4 is 10.3 Å². The van der Waals surface area contributed by atoms with Crippen LogP contribution in [0.1, 0.15) is 25.2 Å². The Bertz CT molecular complexity index is 1070. The number of carboxylic acid groups (broad SMARTS) is 1.